The lowest BCUT2D eigenvalue weighted by molar-refractivity contribution is 1.27. The molecule has 0 unspecified atom stereocenters. The van der Waals surface area contributed by atoms with Crippen molar-refractivity contribution in [1.29, 1.82) is 0 Å². The van der Waals surface area contributed by atoms with E-state index in [4.69, 9.17) is 18.0 Å². The van der Waals surface area contributed by atoms with E-state index in [1.165, 1.54) is 6.07 Å². The molecule has 4 N–H and O–H groups in total. The van der Waals surface area contributed by atoms with Crippen LogP contribution < -0.4 is 16.6 Å². The molecule has 0 bridgehead atoms. The van der Waals surface area contributed by atoms with Gasteiger partial charge in [0.15, 0.2) is 5.11 Å². The molecule has 0 fully saturated rings. The van der Waals surface area contributed by atoms with E-state index in [1.807, 2.05) is 18.2 Å². The Balaban J connectivity index is 2.54. The molecule has 1 aromatic heterocycles. The number of rotatable bonds is 1. The van der Waals surface area contributed by atoms with Crippen LogP contribution in [0.5, 0.6) is 0 Å². The molecular weight excluding hydrogens is 210 g/mol. The van der Waals surface area contributed by atoms with Gasteiger partial charge in [-0.15, -0.1) is 0 Å². The van der Waals surface area contributed by atoms with Gasteiger partial charge < -0.3 is 16.0 Å². The zero-order valence-corrected chi connectivity index (χ0v) is 8.60. The minimum Gasteiger partial charge on any atom is -0.376 e. The van der Waals surface area contributed by atoms with E-state index in [2.05, 4.69) is 10.3 Å². The number of aromatic amines is 1. The number of anilines is 1. The molecule has 15 heavy (non-hydrogen) atoms. The normalized spacial score (nSPS) is 10.1. The molecule has 0 aliphatic heterocycles. The first kappa shape index (κ1) is 9.67. The first-order valence-corrected chi connectivity index (χ1v) is 4.75. The standard InChI is InChI=1S/C10H9N3OS/c11-10(15)13-8-2-1-6-5-12-9(14)4-7(6)3-8/h1-5H,(H,12,14)(H3,11,13,15). The van der Waals surface area contributed by atoms with Gasteiger partial charge >= 0.3 is 0 Å². The third-order valence-electron chi connectivity index (χ3n) is 2.01. The van der Waals surface area contributed by atoms with Crippen LogP contribution in [0, 0.1) is 0 Å². The lowest BCUT2D eigenvalue weighted by Crippen LogP contribution is -2.18. The molecule has 0 aliphatic rings. The van der Waals surface area contributed by atoms with Crippen molar-refractivity contribution < 1.29 is 0 Å². The van der Waals surface area contributed by atoms with Gasteiger partial charge in [-0.2, -0.15) is 0 Å². The highest BCUT2D eigenvalue weighted by molar-refractivity contribution is 7.80. The molecule has 0 saturated heterocycles. The van der Waals surface area contributed by atoms with Crippen molar-refractivity contribution in [2.75, 3.05) is 5.32 Å². The summed E-state index contributed by atoms with van der Waals surface area (Å²) in [5.41, 5.74) is 6.00. The minimum absolute atomic E-state index is 0.130. The first-order valence-electron chi connectivity index (χ1n) is 4.34. The van der Waals surface area contributed by atoms with Gasteiger partial charge in [0.2, 0.25) is 5.56 Å². The molecule has 5 heteroatoms. The minimum atomic E-state index is -0.130. The number of hydrogen-bond donors (Lipinski definition) is 3. The van der Waals surface area contributed by atoms with Crippen molar-refractivity contribution in [3.8, 4) is 0 Å². The second kappa shape index (κ2) is 3.70. The molecule has 0 aliphatic carbocycles. The Labute approximate surface area is 91.1 Å². The maximum absolute atomic E-state index is 11.1. The topological polar surface area (TPSA) is 70.9 Å². The van der Waals surface area contributed by atoms with Crippen LogP contribution in [0.4, 0.5) is 5.69 Å². The number of pyridine rings is 1. The summed E-state index contributed by atoms with van der Waals surface area (Å²) in [4.78, 5) is 13.7. The van der Waals surface area contributed by atoms with Crippen molar-refractivity contribution in [2.24, 2.45) is 5.73 Å². The fraction of sp³-hybridized carbons (Fsp3) is 0. The fourth-order valence-electron chi connectivity index (χ4n) is 1.38. The zero-order valence-electron chi connectivity index (χ0n) is 7.78. The van der Waals surface area contributed by atoms with E-state index >= 15 is 0 Å². The van der Waals surface area contributed by atoms with Gasteiger partial charge in [0.1, 0.15) is 0 Å². The highest BCUT2D eigenvalue weighted by atomic mass is 32.1. The van der Waals surface area contributed by atoms with Crippen LogP contribution in [0.15, 0.2) is 35.3 Å². The van der Waals surface area contributed by atoms with E-state index < -0.39 is 0 Å². The summed E-state index contributed by atoms with van der Waals surface area (Å²) in [6.45, 7) is 0. The number of thiocarbonyl (C=S) groups is 1. The smallest absolute Gasteiger partial charge is 0.248 e. The molecule has 0 saturated carbocycles. The summed E-state index contributed by atoms with van der Waals surface area (Å²) < 4.78 is 0. The second-order valence-corrected chi connectivity index (χ2v) is 3.57. The predicted octanol–water partition coefficient (Wildman–Crippen LogP) is 1.18. The Morgan fingerprint density at radius 3 is 2.87 bits per heavy atom. The number of benzene rings is 1. The zero-order chi connectivity index (χ0) is 10.8. The molecule has 1 aromatic carbocycles. The fourth-order valence-corrected chi connectivity index (χ4v) is 1.50. The highest BCUT2D eigenvalue weighted by Crippen LogP contribution is 2.16. The Morgan fingerprint density at radius 1 is 1.33 bits per heavy atom. The van der Waals surface area contributed by atoms with Gasteiger partial charge in [0.25, 0.3) is 0 Å². The third kappa shape index (κ3) is 2.13. The molecule has 0 spiro atoms. The first-order chi connectivity index (χ1) is 7.15. The molecule has 4 nitrogen and oxygen atoms in total. The molecule has 76 valence electrons. The molecule has 0 amide bonds. The maximum Gasteiger partial charge on any atom is 0.248 e. The number of hydrogen-bond acceptors (Lipinski definition) is 2. The van der Waals surface area contributed by atoms with Gasteiger partial charge in [-0.25, -0.2) is 0 Å². The Hall–Kier alpha value is -1.88. The van der Waals surface area contributed by atoms with Crippen LogP contribution in [-0.2, 0) is 0 Å². The monoisotopic (exact) mass is 219 g/mol. The molecule has 2 rings (SSSR count). The van der Waals surface area contributed by atoms with Crippen LogP contribution >= 0.6 is 12.2 Å². The maximum atomic E-state index is 11.1. The third-order valence-corrected chi connectivity index (χ3v) is 2.11. The van der Waals surface area contributed by atoms with E-state index in [9.17, 15) is 4.79 Å². The van der Waals surface area contributed by atoms with Crippen LogP contribution in [-0.4, -0.2) is 10.1 Å². The Morgan fingerprint density at radius 2 is 2.13 bits per heavy atom. The molecule has 0 atom stereocenters. The lowest BCUT2D eigenvalue weighted by Gasteiger charge is -2.04. The summed E-state index contributed by atoms with van der Waals surface area (Å²) >= 11 is 4.72. The quantitative estimate of drug-likeness (QED) is 0.630. The number of nitrogens with two attached hydrogens (primary N) is 1. The van der Waals surface area contributed by atoms with Gasteiger partial charge in [0.05, 0.1) is 0 Å². The average Bonchev–Trinajstić information content (AvgIpc) is 2.16. The van der Waals surface area contributed by atoms with Gasteiger partial charge in [-0.05, 0) is 35.1 Å². The Bertz CT molecular complexity index is 576. The lowest BCUT2D eigenvalue weighted by atomic mass is 10.1. The van der Waals surface area contributed by atoms with Crippen molar-refractivity contribution in [1.82, 2.24) is 4.98 Å². The number of aromatic nitrogens is 1. The number of H-pyrrole nitrogens is 1. The van der Waals surface area contributed by atoms with Gasteiger partial charge in [-0.3, -0.25) is 4.79 Å². The SMILES string of the molecule is NC(=S)Nc1ccc2c[nH]c(=O)cc2c1. The van der Waals surface area contributed by atoms with Gasteiger partial charge in [0, 0.05) is 18.0 Å². The summed E-state index contributed by atoms with van der Waals surface area (Å²) in [6, 6.07) is 7.08. The molecule has 1 heterocycles. The van der Waals surface area contributed by atoms with Crippen LogP contribution in [0.2, 0.25) is 0 Å². The summed E-state index contributed by atoms with van der Waals surface area (Å²) in [5.74, 6) is 0. The van der Waals surface area contributed by atoms with Crippen LogP contribution in [0.1, 0.15) is 0 Å². The van der Waals surface area contributed by atoms with E-state index in [0.29, 0.717) is 0 Å². The van der Waals surface area contributed by atoms with Crippen molar-refractivity contribution in [3.05, 3.63) is 40.8 Å². The predicted molar refractivity (Wildman–Crippen MR) is 65.0 cm³/mol. The summed E-state index contributed by atoms with van der Waals surface area (Å²) in [5, 5.41) is 4.83. The van der Waals surface area contributed by atoms with Crippen molar-refractivity contribution in [3.63, 3.8) is 0 Å². The van der Waals surface area contributed by atoms with Crippen molar-refractivity contribution in [2.45, 2.75) is 0 Å². The summed E-state index contributed by atoms with van der Waals surface area (Å²) in [6.07, 6.45) is 1.67. The second-order valence-electron chi connectivity index (χ2n) is 3.13. The van der Waals surface area contributed by atoms with E-state index in [-0.39, 0.29) is 10.7 Å². The number of nitrogens with one attached hydrogen (secondary N) is 2. The molecular formula is C10H9N3OS. The number of fused-ring (bicyclic) bond motifs is 1. The average molecular weight is 219 g/mol. The van der Waals surface area contributed by atoms with E-state index in [1.54, 1.807) is 6.20 Å². The van der Waals surface area contributed by atoms with Crippen LogP contribution in [0.3, 0.4) is 0 Å². The highest BCUT2D eigenvalue weighted by Gasteiger charge is 1.97. The van der Waals surface area contributed by atoms with Crippen molar-refractivity contribution >= 4 is 33.8 Å². The van der Waals surface area contributed by atoms with E-state index in [0.717, 1.165) is 16.5 Å². The summed E-state index contributed by atoms with van der Waals surface area (Å²) in [7, 11) is 0. The van der Waals surface area contributed by atoms with Crippen LogP contribution in [0.25, 0.3) is 10.8 Å². The largest absolute Gasteiger partial charge is 0.376 e. The van der Waals surface area contributed by atoms with Gasteiger partial charge in [-0.1, -0.05) is 6.07 Å². The molecule has 0 radical (unpaired) electrons. The Kier molecular flexibility index (Phi) is 2.39. The molecule has 2 aromatic rings.